The van der Waals surface area contributed by atoms with Gasteiger partial charge in [-0.25, -0.2) is 8.78 Å². The van der Waals surface area contributed by atoms with Gasteiger partial charge in [-0.3, -0.25) is 14.5 Å². The molecule has 0 saturated carbocycles. The number of hydrogen-bond donors (Lipinski definition) is 1. The Balaban J connectivity index is 2.72. The standard InChI is InChI=1S/C14H18F2N2O2/c1-3-17-14(20)9-18(4-2)8-13(19)11-7-10(15)5-6-12(11)16/h5-7H,3-4,8-9H2,1-2H3,(H,17,20). The number of Topliss-reactive ketones (excluding diaryl/α,β-unsaturated/α-hetero) is 1. The summed E-state index contributed by atoms with van der Waals surface area (Å²) in [7, 11) is 0. The maximum Gasteiger partial charge on any atom is 0.234 e. The molecule has 1 rings (SSSR count). The van der Waals surface area contributed by atoms with Crippen LogP contribution in [0, 0.1) is 11.6 Å². The van der Waals surface area contributed by atoms with Gasteiger partial charge in [-0.2, -0.15) is 0 Å². The molecule has 1 amide bonds. The summed E-state index contributed by atoms with van der Waals surface area (Å²) in [5.41, 5.74) is -0.292. The zero-order valence-electron chi connectivity index (χ0n) is 11.6. The van der Waals surface area contributed by atoms with Gasteiger partial charge in [-0.1, -0.05) is 6.92 Å². The van der Waals surface area contributed by atoms with E-state index in [0.717, 1.165) is 18.2 Å². The van der Waals surface area contributed by atoms with E-state index in [1.807, 2.05) is 0 Å². The normalized spacial score (nSPS) is 10.7. The molecule has 0 aromatic heterocycles. The first-order valence-electron chi connectivity index (χ1n) is 6.45. The minimum Gasteiger partial charge on any atom is -0.355 e. The highest BCUT2D eigenvalue weighted by Crippen LogP contribution is 2.11. The molecule has 4 nitrogen and oxygen atoms in total. The zero-order chi connectivity index (χ0) is 15.1. The summed E-state index contributed by atoms with van der Waals surface area (Å²) in [6.07, 6.45) is 0. The molecule has 0 fully saturated rings. The van der Waals surface area contributed by atoms with Crippen LogP contribution in [0.4, 0.5) is 8.78 Å². The van der Waals surface area contributed by atoms with Crippen molar-refractivity contribution < 1.29 is 18.4 Å². The van der Waals surface area contributed by atoms with Crippen molar-refractivity contribution in [3.8, 4) is 0 Å². The van der Waals surface area contributed by atoms with Gasteiger partial charge in [0.05, 0.1) is 18.7 Å². The molecule has 1 N–H and O–H groups in total. The summed E-state index contributed by atoms with van der Waals surface area (Å²) in [5.74, 6) is -2.18. The Morgan fingerprint density at radius 2 is 1.90 bits per heavy atom. The van der Waals surface area contributed by atoms with E-state index in [1.165, 1.54) is 0 Å². The number of nitrogens with zero attached hydrogens (tertiary/aromatic N) is 1. The third kappa shape index (κ3) is 4.70. The second kappa shape index (κ2) is 7.69. The van der Waals surface area contributed by atoms with E-state index < -0.39 is 17.4 Å². The lowest BCUT2D eigenvalue weighted by atomic mass is 10.1. The summed E-state index contributed by atoms with van der Waals surface area (Å²) in [4.78, 5) is 25.0. The Morgan fingerprint density at radius 3 is 2.50 bits per heavy atom. The van der Waals surface area contributed by atoms with E-state index in [1.54, 1.807) is 18.7 Å². The van der Waals surface area contributed by atoms with Gasteiger partial charge in [0.2, 0.25) is 5.91 Å². The average molecular weight is 284 g/mol. The van der Waals surface area contributed by atoms with Gasteiger partial charge >= 0.3 is 0 Å². The number of likely N-dealkylation sites (N-methyl/N-ethyl adjacent to an activating group) is 2. The van der Waals surface area contributed by atoms with Crippen molar-refractivity contribution in [2.24, 2.45) is 0 Å². The van der Waals surface area contributed by atoms with E-state index in [0.29, 0.717) is 13.1 Å². The number of amides is 1. The van der Waals surface area contributed by atoms with Gasteiger partial charge in [-0.05, 0) is 31.7 Å². The number of ketones is 1. The molecule has 6 heteroatoms. The maximum absolute atomic E-state index is 13.5. The average Bonchev–Trinajstić information content (AvgIpc) is 2.40. The van der Waals surface area contributed by atoms with E-state index in [2.05, 4.69) is 5.32 Å². The lowest BCUT2D eigenvalue weighted by Crippen LogP contribution is -2.39. The smallest absolute Gasteiger partial charge is 0.234 e. The van der Waals surface area contributed by atoms with Crippen LogP contribution in [0.15, 0.2) is 18.2 Å². The monoisotopic (exact) mass is 284 g/mol. The van der Waals surface area contributed by atoms with Crippen molar-refractivity contribution in [2.45, 2.75) is 13.8 Å². The molecule has 0 bridgehead atoms. The fourth-order valence-corrected chi connectivity index (χ4v) is 1.74. The van der Waals surface area contributed by atoms with E-state index in [4.69, 9.17) is 0 Å². The second-order valence-corrected chi connectivity index (χ2v) is 4.30. The zero-order valence-corrected chi connectivity index (χ0v) is 11.6. The number of benzene rings is 1. The molecule has 0 atom stereocenters. The molecule has 20 heavy (non-hydrogen) atoms. The predicted molar refractivity (Wildman–Crippen MR) is 71.5 cm³/mol. The molecule has 110 valence electrons. The Morgan fingerprint density at radius 1 is 1.20 bits per heavy atom. The molecule has 0 aliphatic rings. The van der Waals surface area contributed by atoms with Crippen LogP contribution in [0.1, 0.15) is 24.2 Å². The quantitative estimate of drug-likeness (QED) is 0.774. The summed E-state index contributed by atoms with van der Waals surface area (Å²) in [5, 5.41) is 2.62. The number of rotatable bonds is 7. The minimum atomic E-state index is -0.759. The van der Waals surface area contributed by atoms with Gasteiger partial charge < -0.3 is 5.32 Å². The molecule has 0 spiro atoms. The lowest BCUT2D eigenvalue weighted by Gasteiger charge is -2.18. The molecule has 0 aliphatic carbocycles. The highest BCUT2D eigenvalue weighted by Gasteiger charge is 2.17. The summed E-state index contributed by atoms with van der Waals surface area (Å²) in [6.45, 7) is 4.46. The molecule has 1 aromatic rings. The van der Waals surface area contributed by atoms with Crippen LogP contribution in [-0.2, 0) is 4.79 Å². The molecule has 0 heterocycles. The first-order chi connectivity index (χ1) is 9.47. The van der Waals surface area contributed by atoms with Gasteiger partial charge in [-0.15, -0.1) is 0 Å². The number of carbonyl (C=O) groups excluding carboxylic acids is 2. The number of hydrogen-bond acceptors (Lipinski definition) is 3. The first-order valence-corrected chi connectivity index (χ1v) is 6.45. The molecule has 0 unspecified atom stereocenters. The van der Waals surface area contributed by atoms with Crippen molar-refractivity contribution in [2.75, 3.05) is 26.2 Å². The summed E-state index contributed by atoms with van der Waals surface area (Å²) in [6, 6.07) is 2.75. The van der Waals surface area contributed by atoms with Gasteiger partial charge in [0.25, 0.3) is 0 Å². The van der Waals surface area contributed by atoms with Crippen molar-refractivity contribution >= 4 is 11.7 Å². The lowest BCUT2D eigenvalue weighted by molar-refractivity contribution is -0.121. The SMILES string of the molecule is CCNC(=O)CN(CC)CC(=O)c1cc(F)ccc1F. The van der Waals surface area contributed by atoms with Crippen molar-refractivity contribution in [3.05, 3.63) is 35.4 Å². The van der Waals surface area contributed by atoms with Crippen LogP contribution < -0.4 is 5.32 Å². The maximum atomic E-state index is 13.5. The van der Waals surface area contributed by atoms with Crippen LogP contribution in [0.3, 0.4) is 0 Å². The molecular formula is C14H18F2N2O2. The van der Waals surface area contributed by atoms with Gasteiger partial charge in [0.15, 0.2) is 5.78 Å². The van der Waals surface area contributed by atoms with Crippen LogP contribution in [0.25, 0.3) is 0 Å². The van der Waals surface area contributed by atoms with Crippen LogP contribution in [0.5, 0.6) is 0 Å². The molecular weight excluding hydrogens is 266 g/mol. The van der Waals surface area contributed by atoms with Crippen LogP contribution >= 0.6 is 0 Å². The number of nitrogens with one attached hydrogen (secondary N) is 1. The van der Waals surface area contributed by atoms with Crippen LogP contribution in [-0.4, -0.2) is 42.8 Å². The molecule has 1 aromatic carbocycles. The van der Waals surface area contributed by atoms with Crippen LogP contribution in [0.2, 0.25) is 0 Å². The van der Waals surface area contributed by atoms with Gasteiger partial charge in [0.1, 0.15) is 11.6 Å². The van der Waals surface area contributed by atoms with E-state index in [9.17, 15) is 18.4 Å². The third-order valence-electron chi connectivity index (χ3n) is 2.78. The Hall–Kier alpha value is -1.82. The fourth-order valence-electron chi connectivity index (χ4n) is 1.74. The highest BCUT2D eigenvalue weighted by atomic mass is 19.1. The summed E-state index contributed by atoms with van der Waals surface area (Å²) >= 11 is 0. The molecule has 0 saturated heterocycles. The Kier molecular flexibility index (Phi) is 6.24. The first kappa shape index (κ1) is 16.2. The summed E-state index contributed by atoms with van der Waals surface area (Å²) < 4.78 is 26.5. The fraction of sp³-hybridized carbons (Fsp3) is 0.429. The highest BCUT2D eigenvalue weighted by molar-refractivity contribution is 5.98. The topological polar surface area (TPSA) is 49.4 Å². The number of halogens is 2. The Bertz CT molecular complexity index is 492. The van der Waals surface area contributed by atoms with E-state index in [-0.39, 0.29) is 24.6 Å². The van der Waals surface area contributed by atoms with Crippen molar-refractivity contribution in [1.82, 2.24) is 10.2 Å². The van der Waals surface area contributed by atoms with E-state index >= 15 is 0 Å². The van der Waals surface area contributed by atoms with Crippen molar-refractivity contribution in [3.63, 3.8) is 0 Å². The Labute approximate surface area is 116 Å². The van der Waals surface area contributed by atoms with Crippen molar-refractivity contribution in [1.29, 1.82) is 0 Å². The number of carbonyl (C=O) groups is 2. The van der Waals surface area contributed by atoms with Gasteiger partial charge in [0, 0.05) is 6.54 Å². The minimum absolute atomic E-state index is 0.0486. The molecule has 0 radical (unpaired) electrons. The molecule has 0 aliphatic heterocycles. The second-order valence-electron chi connectivity index (χ2n) is 4.30. The largest absolute Gasteiger partial charge is 0.355 e. The third-order valence-corrected chi connectivity index (χ3v) is 2.78. The predicted octanol–water partition coefficient (Wildman–Crippen LogP) is 1.61.